The van der Waals surface area contributed by atoms with Crippen LogP contribution in [0.5, 0.6) is 5.75 Å². The van der Waals surface area contributed by atoms with Gasteiger partial charge in [0, 0.05) is 17.8 Å². The van der Waals surface area contributed by atoms with Crippen molar-refractivity contribution < 1.29 is 4.74 Å². The largest absolute Gasteiger partial charge is 0.497 e. The number of nitrogens with one attached hydrogen (secondary N) is 1. The Morgan fingerprint density at radius 3 is 2.74 bits per heavy atom. The minimum atomic E-state index is 0.375. The molecule has 2 aromatic rings. The topological polar surface area (TPSA) is 47.0 Å². The van der Waals surface area contributed by atoms with Crippen LogP contribution in [0.2, 0.25) is 0 Å². The Balaban J connectivity index is 1.89. The van der Waals surface area contributed by atoms with Crippen molar-refractivity contribution in [3.05, 3.63) is 42.2 Å². The fraction of sp³-hybridized carbons (Fsp3) is 0.333. The van der Waals surface area contributed by atoms with Gasteiger partial charge in [0.05, 0.1) is 12.8 Å². The molecule has 1 N–H and O–H groups in total. The predicted molar refractivity (Wildman–Crippen MR) is 74.0 cm³/mol. The summed E-state index contributed by atoms with van der Waals surface area (Å²) in [6.07, 6.45) is 4.20. The van der Waals surface area contributed by atoms with E-state index in [2.05, 4.69) is 15.3 Å². The third-order valence-electron chi connectivity index (χ3n) is 3.44. The summed E-state index contributed by atoms with van der Waals surface area (Å²) in [6.45, 7) is 1.08. The Kier molecular flexibility index (Phi) is 3.42. The highest BCUT2D eigenvalue weighted by Gasteiger charge is 2.18. The van der Waals surface area contributed by atoms with Gasteiger partial charge in [-0.2, -0.15) is 0 Å². The highest BCUT2D eigenvalue weighted by Crippen LogP contribution is 2.24. The van der Waals surface area contributed by atoms with Crippen molar-refractivity contribution >= 4 is 0 Å². The summed E-state index contributed by atoms with van der Waals surface area (Å²) in [6, 6.07) is 10.2. The quantitative estimate of drug-likeness (QED) is 0.915. The monoisotopic (exact) mass is 255 g/mol. The Bertz CT molecular complexity index is 548. The lowest BCUT2D eigenvalue weighted by Gasteiger charge is -2.10. The number of hydrogen-bond donors (Lipinski definition) is 1. The van der Waals surface area contributed by atoms with E-state index >= 15 is 0 Å². The van der Waals surface area contributed by atoms with E-state index in [0.29, 0.717) is 6.04 Å². The van der Waals surface area contributed by atoms with Crippen molar-refractivity contribution in [3.8, 4) is 17.1 Å². The maximum Gasteiger partial charge on any atom is 0.159 e. The molecule has 0 radical (unpaired) electrons. The van der Waals surface area contributed by atoms with Crippen LogP contribution in [-0.4, -0.2) is 23.6 Å². The molecule has 4 nitrogen and oxygen atoms in total. The molecule has 1 atom stereocenters. The van der Waals surface area contributed by atoms with Gasteiger partial charge in [0.1, 0.15) is 5.75 Å². The maximum absolute atomic E-state index is 5.16. The van der Waals surface area contributed by atoms with Crippen molar-refractivity contribution in [2.24, 2.45) is 0 Å². The number of nitrogens with zero attached hydrogens (tertiary/aromatic N) is 2. The summed E-state index contributed by atoms with van der Waals surface area (Å²) >= 11 is 0. The van der Waals surface area contributed by atoms with E-state index in [1.165, 1.54) is 6.42 Å². The molecule has 0 saturated carbocycles. The molecule has 1 saturated heterocycles. The Morgan fingerprint density at radius 2 is 2.05 bits per heavy atom. The molecule has 1 aromatic heterocycles. The van der Waals surface area contributed by atoms with Crippen LogP contribution in [0.4, 0.5) is 0 Å². The zero-order chi connectivity index (χ0) is 13.1. The molecule has 0 spiro atoms. The van der Waals surface area contributed by atoms with Crippen molar-refractivity contribution in [3.63, 3.8) is 0 Å². The fourth-order valence-corrected chi connectivity index (χ4v) is 2.38. The first kappa shape index (κ1) is 12.1. The highest BCUT2D eigenvalue weighted by molar-refractivity contribution is 5.56. The molecule has 4 heteroatoms. The van der Waals surface area contributed by atoms with Gasteiger partial charge in [-0.25, -0.2) is 9.97 Å². The number of rotatable bonds is 3. The predicted octanol–water partition coefficient (Wildman–Crippen LogP) is 2.58. The van der Waals surface area contributed by atoms with Crippen LogP contribution in [0, 0.1) is 0 Å². The van der Waals surface area contributed by atoms with Crippen LogP contribution in [0.1, 0.15) is 24.6 Å². The average Bonchev–Trinajstić information content (AvgIpc) is 3.02. The van der Waals surface area contributed by atoms with Gasteiger partial charge >= 0.3 is 0 Å². The highest BCUT2D eigenvalue weighted by atomic mass is 16.5. The second-order valence-corrected chi connectivity index (χ2v) is 4.68. The standard InChI is InChI=1S/C15H17N3O/c1-19-12-6-4-11(5-7-12)15-17-10-8-14(18-15)13-3-2-9-16-13/h4-8,10,13,16H,2-3,9H2,1H3. The first-order valence-electron chi connectivity index (χ1n) is 6.57. The number of benzene rings is 1. The molecule has 1 fully saturated rings. The molecule has 98 valence electrons. The summed E-state index contributed by atoms with van der Waals surface area (Å²) < 4.78 is 5.16. The van der Waals surface area contributed by atoms with Gasteiger partial charge in [-0.15, -0.1) is 0 Å². The van der Waals surface area contributed by atoms with Gasteiger partial charge in [0.25, 0.3) is 0 Å². The van der Waals surface area contributed by atoms with Crippen LogP contribution >= 0.6 is 0 Å². The molecule has 2 heterocycles. The zero-order valence-corrected chi connectivity index (χ0v) is 11.0. The second kappa shape index (κ2) is 5.36. The first-order chi connectivity index (χ1) is 9.36. The van der Waals surface area contributed by atoms with Crippen LogP contribution in [-0.2, 0) is 0 Å². The smallest absolute Gasteiger partial charge is 0.159 e. The van der Waals surface area contributed by atoms with Crippen LogP contribution in [0.25, 0.3) is 11.4 Å². The molecule has 19 heavy (non-hydrogen) atoms. The molecule has 0 amide bonds. The normalized spacial score (nSPS) is 18.5. The van der Waals surface area contributed by atoms with Crippen LogP contribution < -0.4 is 10.1 Å². The van der Waals surface area contributed by atoms with Gasteiger partial charge < -0.3 is 10.1 Å². The van der Waals surface area contributed by atoms with Crippen molar-refractivity contribution in [1.82, 2.24) is 15.3 Å². The van der Waals surface area contributed by atoms with E-state index in [1.807, 2.05) is 36.5 Å². The molecule has 1 aliphatic rings. The van der Waals surface area contributed by atoms with Gasteiger partial charge in [0.2, 0.25) is 0 Å². The van der Waals surface area contributed by atoms with Gasteiger partial charge in [-0.05, 0) is 49.7 Å². The summed E-state index contributed by atoms with van der Waals surface area (Å²) in [5.74, 6) is 1.62. The summed E-state index contributed by atoms with van der Waals surface area (Å²) in [5, 5.41) is 3.46. The maximum atomic E-state index is 5.16. The number of hydrogen-bond acceptors (Lipinski definition) is 4. The van der Waals surface area contributed by atoms with Crippen LogP contribution in [0.3, 0.4) is 0 Å². The summed E-state index contributed by atoms with van der Waals surface area (Å²) in [7, 11) is 1.66. The minimum absolute atomic E-state index is 0.375. The van der Waals surface area contributed by atoms with E-state index in [4.69, 9.17) is 4.74 Å². The fourth-order valence-electron chi connectivity index (χ4n) is 2.38. The third kappa shape index (κ3) is 2.58. The molecular formula is C15H17N3O. The minimum Gasteiger partial charge on any atom is -0.497 e. The third-order valence-corrected chi connectivity index (χ3v) is 3.44. The number of ether oxygens (including phenoxy) is 1. The molecule has 1 unspecified atom stereocenters. The molecule has 0 aliphatic carbocycles. The van der Waals surface area contributed by atoms with E-state index in [-0.39, 0.29) is 0 Å². The lowest BCUT2D eigenvalue weighted by atomic mass is 10.1. The van der Waals surface area contributed by atoms with Crippen molar-refractivity contribution in [1.29, 1.82) is 0 Å². The summed E-state index contributed by atoms with van der Waals surface area (Å²) in [4.78, 5) is 9.02. The first-order valence-corrected chi connectivity index (χ1v) is 6.57. The Hall–Kier alpha value is -1.94. The Morgan fingerprint density at radius 1 is 1.21 bits per heavy atom. The second-order valence-electron chi connectivity index (χ2n) is 4.68. The molecule has 1 aromatic carbocycles. The lowest BCUT2D eigenvalue weighted by Crippen LogP contribution is -2.14. The number of aromatic nitrogens is 2. The molecule has 3 rings (SSSR count). The van der Waals surface area contributed by atoms with E-state index in [0.717, 1.165) is 35.8 Å². The SMILES string of the molecule is COc1ccc(-c2nccc(C3CCCN3)n2)cc1. The zero-order valence-electron chi connectivity index (χ0n) is 11.0. The Labute approximate surface area is 112 Å². The van der Waals surface area contributed by atoms with Gasteiger partial charge in [0.15, 0.2) is 5.82 Å². The molecular weight excluding hydrogens is 238 g/mol. The van der Waals surface area contributed by atoms with E-state index in [1.54, 1.807) is 7.11 Å². The van der Waals surface area contributed by atoms with Crippen molar-refractivity contribution in [2.45, 2.75) is 18.9 Å². The molecule has 0 bridgehead atoms. The van der Waals surface area contributed by atoms with Gasteiger partial charge in [-0.3, -0.25) is 0 Å². The summed E-state index contributed by atoms with van der Waals surface area (Å²) in [5.41, 5.74) is 2.10. The molecule has 1 aliphatic heterocycles. The average molecular weight is 255 g/mol. The van der Waals surface area contributed by atoms with Crippen molar-refractivity contribution in [2.75, 3.05) is 13.7 Å². The lowest BCUT2D eigenvalue weighted by molar-refractivity contribution is 0.415. The van der Waals surface area contributed by atoms with E-state index < -0.39 is 0 Å². The van der Waals surface area contributed by atoms with Gasteiger partial charge in [-0.1, -0.05) is 0 Å². The van der Waals surface area contributed by atoms with Crippen LogP contribution in [0.15, 0.2) is 36.5 Å². The number of methoxy groups -OCH3 is 1. The van der Waals surface area contributed by atoms with E-state index in [9.17, 15) is 0 Å².